The Morgan fingerprint density at radius 1 is 1.11 bits per heavy atom. The fourth-order valence-electron chi connectivity index (χ4n) is 3.47. The second kappa shape index (κ2) is 7.41. The first-order valence-corrected chi connectivity index (χ1v) is 10.6. The second-order valence-corrected chi connectivity index (χ2v) is 9.52. The molecule has 0 bridgehead atoms. The third kappa shape index (κ3) is 3.90. The summed E-state index contributed by atoms with van der Waals surface area (Å²) in [5.74, 6) is 0. The number of halogens is 1. The molecule has 1 fully saturated rings. The predicted octanol–water partition coefficient (Wildman–Crippen LogP) is 4.95. The van der Waals surface area contributed by atoms with Crippen LogP contribution in [0.1, 0.15) is 38.7 Å². The van der Waals surface area contributed by atoms with Crippen molar-refractivity contribution < 1.29 is 12.8 Å². The molecule has 1 saturated carbocycles. The molecule has 2 atom stereocenters. The number of sulfonamides is 1. The Kier molecular flexibility index (Phi) is 5.36. The van der Waals surface area contributed by atoms with Crippen LogP contribution in [0.4, 0.5) is 10.1 Å². The Balaban J connectivity index is 1.85. The molecule has 1 N–H and O–H groups in total. The molecule has 4 nitrogen and oxygen atoms in total. The standard InChI is InChI=1S/C21H23FN2O2S/c1-15(2)27(25,26)24-20-5-4-14-21(20,22)18-10-6-16(7-11-18)17-8-12-19(23-3)13-9-17/h6-13,15,20,24H,4-5,14H2,1-2H3/t20-,21-/m0/s1. The molecule has 0 saturated heterocycles. The highest BCUT2D eigenvalue weighted by Crippen LogP contribution is 2.43. The maximum absolute atomic E-state index is 15.8. The minimum absolute atomic E-state index is 0.303. The van der Waals surface area contributed by atoms with Gasteiger partial charge in [0.2, 0.25) is 10.0 Å². The summed E-state index contributed by atoms with van der Waals surface area (Å²) < 4.78 is 42.7. The zero-order chi connectivity index (χ0) is 19.7. The van der Waals surface area contributed by atoms with E-state index < -0.39 is 27.0 Å². The van der Waals surface area contributed by atoms with E-state index >= 15 is 4.39 Å². The molecule has 0 spiro atoms. The van der Waals surface area contributed by atoms with Gasteiger partial charge < -0.3 is 0 Å². The lowest BCUT2D eigenvalue weighted by molar-refractivity contribution is 0.142. The van der Waals surface area contributed by atoms with E-state index in [1.807, 2.05) is 24.3 Å². The Labute approximate surface area is 160 Å². The third-order valence-electron chi connectivity index (χ3n) is 5.21. The van der Waals surface area contributed by atoms with Crippen molar-refractivity contribution in [3.05, 3.63) is 65.5 Å². The number of rotatable bonds is 5. The molecule has 0 aliphatic heterocycles. The van der Waals surface area contributed by atoms with Gasteiger partial charge >= 0.3 is 0 Å². The molecular formula is C21H23FN2O2S. The van der Waals surface area contributed by atoms with Gasteiger partial charge in [-0.3, -0.25) is 0 Å². The van der Waals surface area contributed by atoms with Crippen LogP contribution in [0.15, 0.2) is 48.5 Å². The molecule has 0 radical (unpaired) electrons. The van der Waals surface area contributed by atoms with Crippen LogP contribution in [0.3, 0.4) is 0 Å². The minimum Gasteiger partial charge on any atom is -0.238 e. The maximum atomic E-state index is 15.8. The second-order valence-electron chi connectivity index (χ2n) is 7.25. The van der Waals surface area contributed by atoms with Gasteiger partial charge in [0.05, 0.1) is 17.9 Å². The van der Waals surface area contributed by atoms with E-state index in [4.69, 9.17) is 6.57 Å². The zero-order valence-corrected chi connectivity index (χ0v) is 16.3. The Bertz CT molecular complexity index is 947. The molecule has 0 amide bonds. The lowest BCUT2D eigenvalue weighted by atomic mass is 9.89. The van der Waals surface area contributed by atoms with Gasteiger partial charge in [-0.25, -0.2) is 22.4 Å². The van der Waals surface area contributed by atoms with Crippen LogP contribution in [0, 0.1) is 6.57 Å². The fraction of sp³-hybridized carbons (Fsp3) is 0.381. The molecule has 0 aromatic heterocycles. The number of benzene rings is 2. The van der Waals surface area contributed by atoms with Crippen LogP contribution in [0.2, 0.25) is 0 Å². The van der Waals surface area contributed by atoms with Crippen molar-refractivity contribution in [2.45, 2.75) is 50.1 Å². The van der Waals surface area contributed by atoms with Gasteiger partial charge in [-0.05, 0) is 49.8 Å². The Morgan fingerprint density at radius 3 is 2.19 bits per heavy atom. The molecule has 2 aromatic carbocycles. The molecule has 3 rings (SSSR count). The van der Waals surface area contributed by atoms with Crippen LogP contribution >= 0.6 is 0 Å². The largest absolute Gasteiger partial charge is 0.238 e. The highest BCUT2D eigenvalue weighted by Gasteiger charge is 2.46. The van der Waals surface area contributed by atoms with Crippen LogP contribution in [0.25, 0.3) is 16.0 Å². The van der Waals surface area contributed by atoms with E-state index in [0.717, 1.165) is 11.1 Å². The van der Waals surface area contributed by atoms with Crippen molar-refractivity contribution in [3.63, 3.8) is 0 Å². The summed E-state index contributed by atoms with van der Waals surface area (Å²) in [5.41, 5.74) is 1.25. The first-order valence-electron chi connectivity index (χ1n) is 9.05. The normalized spacial score (nSPS) is 22.7. The Morgan fingerprint density at radius 2 is 1.67 bits per heavy atom. The van der Waals surface area contributed by atoms with E-state index in [-0.39, 0.29) is 0 Å². The molecule has 0 heterocycles. The zero-order valence-electron chi connectivity index (χ0n) is 15.4. The number of hydrogen-bond acceptors (Lipinski definition) is 2. The average Bonchev–Trinajstić information content (AvgIpc) is 3.03. The van der Waals surface area contributed by atoms with Gasteiger partial charge in [-0.15, -0.1) is 0 Å². The van der Waals surface area contributed by atoms with Crippen molar-refractivity contribution in [1.29, 1.82) is 0 Å². The van der Waals surface area contributed by atoms with Crippen LogP contribution in [-0.2, 0) is 15.7 Å². The van der Waals surface area contributed by atoms with Gasteiger partial charge in [0, 0.05) is 0 Å². The number of hydrogen-bond donors (Lipinski definition) is 1. The predicted molar refractivity (Wildman–Crippen MR) is 106 cm³/mol. The van der Waals surface area contributed by atoms with Gasteiger partial charge in [0.25, 0.3) is 0 Å². The summed E-state index contributed by atoms with van der Waals surface area (Å²) in [6.45, 7) is 10.2. The first-order chi connectivity index (χ1) is 12.8. The Hall–Kier alpha value is -2.23. The third-order valence-corrected chi connectivity index (χ3v) is 7.06. The fourth-order valence-corrected chi connectivity index (χ4v) is 4.44. The minimum atomic E-state index is -3.53. The molecule has 1 aliphatic carbocycles. The summed E-state index contributed by atoms with van der Waals surface area (Å²) in [4.78, 5) is 3.38. The lowest BCUT2D eigenvalue weighted by Gasteiger charge is -2.29. The summed E-state index contributed by atoms with van der Waals surface area (Å²) in [5, 5.41) is -0.594. The van der Waals surface area contributed by atoms with Crippen LogP contribution in [-0.4, -0.2) is 19.7 Å². The van der Waals surface area contributed by atoms with E-state index in [0.29, 0.717) is 30.5 Å². The number of nitrogens with one attached hydrogen (secondary N) is 1. The molecule has 0 unspecified atom stereocenters. The highest BCUT2D eigenvalue weighted by molar-refractivity contribution is 7.90. The number of alkyl halides is 1. The molecular weight excluding hydrogens is 363 g/mol. The van der Waals surface area contributed by atoms with E-state index in [1.165, 1.54) is 0 Å². The topological polar surface area (TPSA) is 50.5 Å². The molecule has 6 heteroatoms. The van der Waals surface area contributed by atoms with Gasteiger partial charge in [-0.2, -0.15) is 0 Å². The summed E-state index contributed by atoms with van der Waals surface area (Å²) >= 11 is 0. The maximum Gasteiger partial charge on any atom is 0.214 e. The van der Waals surface area contributed by atoms with Crippen molar-refractivity contribution in [2.75, 3.05) is 0 Å². The van der Waals surface area contributed by atoms with E-state index in [9.17, 15) is 8.42 Å². The van der Waals surface area contributed by atoms with Crippen molar-refractivity contribution >= 4 is 15.7 Å². The van der Waals surface area contributed by atoms with E-state index in [2.05, 4.69) is 9.57 Å². The van der Waals surface area contributed by atoms with Crippen LogP contribution in [0.5, 0.6) is 0 Å². The van der Waals surface area contributed by atoms with Gasteiger partial charge in [0.1, 0.15) is 0 Å². The van der Waals surface area contributed by atoms with Gasteiger partial charge in [-0.1, -0.05) is 48.5 Å². The quantitative estimate of drug-likeness (QED) is 0.739. The van der Waals surface area contributed by atoms with Gasteiger partial charge in [0.15, 0.2) is 11.4 Å². The summed E-state index contributed by atoms with van der Waals surface area (Å²) in [7, 11) is -3.53. The number of nitrogens with zero attached hydrogens (tertiary/aromatic N) is 1. The molecule has 2 aromatic rings. The SMILES string of the molecule is [C-]#[N+]c1ccc(-c2ccc([C@@]3(F)CCC[C@@H]3NS(=O)(=O)C(C)C)cc2)cc1. The average molecular weight is 386 g/mol. The lowest BCUT2D eigenvalue weighted by Crippen LogP contribution is -2.46. The monoisotopic (exact) mass is 386 g/mol. The summed E-state index contributed by atoms with van der Waals surface area (Å²) in [6, 6.07) is 13.6. The van der Waals surface area contributed by atoms with Crippen molar-refractivity contribution in [2.24, 2.45) is 0 Å². The van der Waals surface area contributed by atoms with Crippen molar-refractivity contribution in [1.82, 2.24) is 4.72 Å². The van der Waals surface area contributed by atoms with Crippen molar-refractivity contribution in [3.8, 4) is 11.1 Å². The molecule has 27 heavy (non-hydrogen) atoms. The van der Waals surface area contributed by atoms with Crippen LogP contribution < -0.4 is 4.72 Å². The molecule has 142 valence electrons. The first kappa shape index (κ1) is 19.5. The highest BCUT2D eigenvalue weighted by atomic mass is 32.2. The summed E-state index contributed by atoms with van der Waals surface area (Å²) in [6.07, 6.45) is 1.43. The van der Waals surface area contributed by atoms with E-state index in [1.54, 1.807) is 38.1 Å². The molecule has 1 aliphatic rings. The smallest absolute Gasteiger partial charge is 0.214 e.